The summed E-state index contributed by atoms with van der Waals surface area (Å²) in [5.41, 5.74) is 1.98. The zero-order valence-corrected chi connectivity index (χ0v) is 15.5. The van der Waals surface area contributed by atoms with Crippen molar-refractivity contribution in [2.24, 2.45) is 0 Å². The molecule has 0 aromatic heterocycles. The maximum Gasteiger partial charge on any atom is 0.335 e. The molecule has 0 bridgehead atoms. The van der Waals surface area contributed by atoms with Crippen LogP contribution in [-0.4, -0.2) is 26.9 Å². The first kappa shape index (κ1) is 19.8. The average molecular weight is 342 g/mol. The lowest BCUT2D eigenvalue weighted by Crippen LogP contribution is -2.01. The molecule has 130 valence electrons. The molecule has 1 aromatic carbocycles. The molecule has 0 fully saturated rings. The van der Waals surface area contributed by atoms with Crippen LogP contribution in [0.15, 0.2) is 29.8 Å². The molecule has 0 saturated carbocycles. The van der Waals surface area contributed by atoms with Crippen molar-refractivity contribution in [2.75, 3.05) is 26.9 Å². The summed E-state index contributed by atoms with van der Waals surface area (Å²) in [6.45, 7) is 8.78. The molecule has 6 heteroatoms. The van der Waals surface area contributed by atoms with E-state index < -0.39 is 7.60 Å². The molecule has 5 nitrogen and oxygen atoms in total. The zero-order chi connectivity index (χ0) is 17.3. The van der Waals surface area contributed by atoms with Crippen molar-refractivity contribution < 1.29 is 23.1 Å². The Morgan fingerprint density at radius 2 is 1.70 bits per heavy atom. The molecule has 0 amide bonds. The van der Waals surface area contributed by atoms with Gasteiger partial charge in [-0.1, -0.05) is 5.57 Å². The summed E-state index contributed by atoms with van der Waals surface area (Å²) < 4.78 is 34.3. The Hall–Kier alpha value is -1.29. The van der Waals surface area contributed by atoms with Crippen LogP contribution in [0.25, 0.3) is 0 Å². The Morgan fingerprint density at radius 1 is 1.09 bits per heavy atom. The lowest BCUT2D eigenvalue weighted by Gasteiger charge is -2.18. The van der Waals surface area contributed by atoms with Crippen LogP contribution in [0.2, 0.25) is 0 Å². The average Bonchev–Trinajstić information content (AvgIpc) is 2.46. The summed E-state index contributed by atoms with van der Waals surface area (Å²) in [7, 11) is -1.57. The first-order valence-corrected chi connectivity index (χ1v) is 9.47. The molecule has 23 heavy (non-hydrogen) atoms. The summed E-state index contributed by atoms with van der Waals surface area (Å²) in [5, 5.41) is 0. The van der Waals surface area contributed by atoms with Crippen LogP contribution in [0, 0.1) is 0 Å². The number of allylic oxidation sites excluding steroid dienone is 1. The first-order chi connectivity index (χ1) is 10.9. The minimum atomic E-state index is -3.16. The van der Waals surface area contributed by atoms with E-state index in [0.29, 0.717) is 31.3 Å². The van der Waals surface area contributed by atoms with Gasteiger partial charge in [0.1, 0.15) is 18.1 Å². The molecule has 0 heterocycles. The molecule has 1 aromatic rings. The van der Waals surface area contributed by atoms with E-state index in [0.717, 1.165) is 5.56 Å². The SMILES string of the molecule is CCOP(=O)(Cc1cc(OC)cc(OCC=C(C)C)c1)OCC. The molecule has 0 saturated heterocycles. The highest BCUT2D eigenvalue weighted by Crippen LogP contribution is 2.51. The van der Waals surface area contributed by atoms with Gasteiger partial charge in [-0.15, -0.1) is 0 Å². The molecule has 0 unspecified atom stereocenters. The van der Waals surface area contributed by atoms with E-state index in [1.165, 1.54) is 5.57 Å². The molecule has 0 aliphatic heterocycles. The van der Waals surface area contributed by atoms with Gasteiger partial charge in [0.25, 0.3) is 0 Å². The van der Waals surface area contributed by atoms with Crippen LogP contribution < -0.4 is 9.47 Å². The van der Waals surface area contributed by atoms with Crippen molar-refractivity contribution in [2.45, 2.75) is 33.9 Å². The van der Waals surface area contributed by atoms with Crippen LogP contribution in [0.3, 0.4) is 0 Å². The van der Waals surface area contributed by atoms with Gasteiger partial charge in [0.05, 0.1) is 26.5 Å². The predicted molar refractivity (Wildman–Crippen MR) is 92.5 cm³/mol. The van der Waals surface area contributed by atoms with Crippen molar-refractivity contribution in [3.05, 3.63) is 35.4 Å². The summed E-state index contributed by atoms with van der Waals surface area (Å²) in [5.74, 6) is 1.31. The fraction of sp³-hybridized carbons (Fsp3) is 0.529. The Bertz CT molecular complexity index is 554. The number of hydrogen-bond acceptors (Lipinski definition) is 5. The topological polar surface area (TPSA) is 54.0 Å². The quantitative estimate of drug-likeness (QED) is 0.451. The highest BCUT2D eigenvalue weighted by atomic mass is 31.2. The minimum absolute atomic E-state index is 0.185. The molecule has 0 N–H and O–H groups in total. The van der Waals surface area contributed by atoms with Crippen LogP contribution in [-0.2, 0) is 19.8 Å². The third kappa shape index (κ3) is 7.21. The molecule has 0 aliphatic carbocycles. The van der Waals surface area contributed by atoms with E-state index >= 15 is 0 Å². The van der Waals surface area contributed by atoms with Crippen molar-refractivity contribution in [1.82, 2.24) is 0 Å². The maximum absolute atomic E-state index is 12.7. The minimum Gasteiger partial charge on any atom is -0.497 e. The number of benzene rings is 1. The third-order valence-corrected chi connectivity index (χ3v) is 5.00. The largest absolute Gasteiger partial charge is 0.497 e. The zero-order valence-electron chi connectivity index (χ0n) is 14.6. The number of rotatable bonds is 10. The van der Waals surface area contributed by atoms with Gasteiger partial charge in [0.2, 0.25) is 0 Å². The van der Waals surface area contributed by atoms with Gasteiger partial charge in [-0.05, 0) is 51.5 Å². The lowest BCUT2D eigenvalue weighted by atomic mass is 10.2. The standard InChI is InChI=1S/C17H27O5P/c1-6-21-23(18,22-7-2)13-15-10-16(19-5)12-17(11-15)20-9-8-14(3)4/h8,10-12H,6-7,9,13H2,1-5H3. The summed E-state index contributed by atoms with van der Waals surface area (Å²) >= 11 is 0. The van der Waals surface area contributed by atoms with Crippen LogP contribution >= 0.6 is 7.60 Å². The van der Waals surface area contributed by atoms with Gasteiger partial charge in [0, 0.05) is 6.07 Å². The number of ether oxygens (including phenoxy) is 2. The molecular weight excluding hydrogens is 315 g/mol. The van der Waals surface area contributed by atoms with Crippen molar-refractivity contribution in [3.63, 3.8) is 0 Å². The molecular formula is C17H27O5P. The van der Waals surface area contributed by atoms with E-state index in [1.807, 2.05) is 32.1 Å². The summed E-state index contributed by atoms with van der Waals surface area (Å²) in [6, 6.07) is 5.46. The second-order valence-electron chi connectivity index (χ2n) is 5.21. The van der Waals surface area contributed by atoms with Gasteiger partial charge >= 0.3 is 7.60 Å². The van der Waals surface area contributed by atoms with Gasteiger partial charge in [-0.2, -0.15) is 0 Å². The molecule has 0 aliphatic rings. The Kier molecular flexibility index (Phi) is 8.38. The Labute approximate surface area is 139 Å². The molecule has 0 radical (unpaired) electrons. The fourth-order valence-electron chi connectivity index (χ4n) is 1.97. The smallest absolute Gasteiger partial charge is 0.335 e. The highest BCUT2D eigenvalue weighted by Gasteiger charge is 2.24. The first-order valence-electron chi connectivity index (χ1n) is 7.74. The van der Waals surface area contributed by atoms with Gasteiger partial charge < -0.3 is 18.5 Å². The Morgan fingerprint density at radius 3 is 2.22 bits per heavy atom. The lowest BCUT2D eigenvalue weighted by molar-refractivity contribution is 0.219. The van der Waals surface area contributed by atoms with E-state index in [-0.39, 0.29) is 6.16 Å². The van der Waals surface area contributed by atoms with E-state index in [4.69, 9.17) is 18.5 Å². The van der Waals surface area contributed by atoms with Gasteiger partial charge in [-0.3, -0.25) is 4.57 Å². The maximum atomic E-state index is 12.7. The van der Waals surface area contributed by atoms with Gasteiger partial charge in [0.15, 0.2) is 0 Å². The number of methoxy groups -OCH3 is 1. The van der Waals surface area contributed by atoms with Gasteiger partial charge in [-0.25, -0.2) is 0 Å². The highest BCUT2D eigenvalue weighted by molar-refractivity contribution is 7.53. The van der Waals surface area contributed by atoms with E-state index in [1.54, 1.807) is 27.0 Å². The van der Waals surface area contributed by atoms with Crippen molar-refractivity contribution >= 4 is 7.60 Å². The van der Waals surface area contributed by atoms with Crippen LogP contribution in [0.5, 0.6) is 11.5 Å². The number of hydrogen-bond donors (Lipinski definition) is 0. The van der Waals surface area contributed by atoms with Crippen LogP contribution in [0.4, 0.5) is 0 Å². The van der Waals surface area contributed by atoms with E-state index in [2.05, 4.69) is 0 Å². The molecule has 0 spiro atoms. The Balaban J connectivity index is 2.96. The second kappa shape index (κ2) is 9.76. The predicted octanol–water partition coefficient (Wildman–Crippen LogP) is 4.81. The van der Waals surface area contributed by atoms with Crippen molar-refractivity contribution in [1.29, 1.82) is 0 Å². The third-order valence-electron chi connectivity index (χ3n) is 2.94. The summed E-state index contributed by atoms with van der Waals surface area (Å²) in [4.78, 5) is 0. The summed E-state index contributed by atoms with van der Waals surface area (Å²) in [6.07, 6.45) is 2.18. The molecule has 0 atom stereocenters. The molecule has 1 rings (SSSR count). The normalized spacial score (nSPS) is 11.2. The van der Waals surface area contributed by atoms with Crippen molar-refractivity contribution in [3.8, 4) is 11.5 Å². The fourth-order valence-corrected chi connectivity index (χ4v) is 3.65. The van der Waals surface area contributed by atoms with E-state index in [9.17, 15) is 4.57 Å². The van der Waals surface area contributed by atoms with Crippen LogP contribution in [0.1, 0.15) is 33.3 Å². The monoisotopic (exact) mass is 342 g/mol. The second-order valence-corrected chi connectivity index (χ2v) is 7.27.